The molecule has 0 unspecified atom stereocenters. The zero-order valence-corrected chi connectivity index (χ0v) is 12.1. The normalized spacial score (nSPS) is 11.0. The number of hydrogen-bond acceptors (Lipinski definition) is 3. The Bertz CT molecular complexity index is 730. The molecule has 0 radical (unpaired) electrons. The molecule has 1 heterocycles. The molecule has 0 bridgehead atoms. The highest BCUT2D eigenvalue weighted by Crippen LogP contribution is 2.23. The molecular weight excluding hydrogens is 262 g/mol. The lowest BCUT2D eigenvalue weighted by molar-refractivity contribution is 0.475. The van der Waals surface area contributed by atoms with Gasteiger partial charge in [-0.05, 0) is 36.4 Å². The maximum atomic E-state index is 9.38. The van der Waals surface area contributed by atoms with Crippen LogP contribution in [0.25, 0.3) is 17.1 Å². The van der Waals surface area contributed by atoms with Crippen LogP contribution in [0.1, 0.15) is 25.6 Å². The largest absolute Gasteiger partial charge is 0.508 e. The molecule has 0 amide bonds. The van der Waals surface area contributed by atoms with Crippen molar-refractivity contribution in [1.29, 1.82) is 0 Å². The summed E-state index contributed by atoms with van der Waals surface area (Å²) in [5, 5.41) is 14.0. The van der Waals surface area contributed by atoms with Gasteiger partial charge in [-0.25, -0.2) is 9.67 Å². The molecule has 4 heteroatoms. The first-order valence-corrected chi connectivity index (χ1v) is 6.97. The van der Waals surface area contributed by atoms with E-state index >= 15 is 0 Å². The van der Waals surface area contributed by atoms with Gasteiger partial charge in [0.1, 0.15) is 11.6 Å². The van der Waals surface area contributed by atoms with E-state index in [4.69, 9.17) is 0 Å². The summed E-state index contributed by atoms with van der Waals surface area (Å²) >= 11 is 0. The molecule has 1 N–H and O–H groups in total. The van der Waals surface area contributed by atoms with Crippen LogP contribution in [-0.4, -0.2) is 19.9 Å². The first kappa shape index (κ1) is 13.4. The number of phenols is 1. The summed E-state index contributed by atoms with van der Waals surface area (Å²) in [7, 11) is 0. The van der Waals surface area contributed by atoms with Crippen molar-refractivity contribution in [1.82, 2.24) is 14.8 Å². The molecule has 0 spiro atoms. The van der Waals surface area contributed by atoms with Gasteiger partial charge in [-0.2, -0.15) is 0 Å². The number of aromatic hydroxyl groups is 1. The van der Waals surface area contributed by atoms with Crippen molar-refractivity contribution in [3.8, 4) is 22.8 Å². The zero-order valence-electron chi connectivity index (χ0n) is 12.1. The lowest BCUT2D eigenvalue weighted by atomic mass is 10.2. The van der Waals surface area contributed by atoms with Crippen LogP contribution in [0.2, 0.25) is 0 Å². The predicted molar refractivity (Wildman–Crippen MR) is 82.5 cm³/mol. The van der Waals surface area contributed by atoms with Crippen LogP contribution in [0.4, 0.5) is 0 Å². The minimum absolute atomic E-state index is 0.241. The molecule has 0 aliphatic heterocycles. The second-order valence-electron chi connectivity index (χ2n) is 5.24. The second-order valence-corrected chi connectivity index (χ2v) is 5.24. The average Bonchev–Trinajstić information content (AvgIpc) is 2.94. The molecule has 0 fully saturated rings. The Balaban J connectivity index is 2.11. The van der Waals surface area contributed by atoms with Crippen LogP contribution in [-0.2, 0) is 0 Å². The van der Waals surface area contributed by atoms with Gasteiger partial charge in [0.05, 0.1) is 5.69 Å². The van der Waals surface area contributed by atoms with Gasteiger partial charge in [-0.3, -0.25) is 0 Å². The van der Waals surface area contributed by atoms with Crippen molar-refractivity contribution in [3.05, 3.63) is 60.4 Å². The van der Waals surface area contributed by atoms with Gasteiger partial charge in [-0.1, -0.05) is 32.0 Å². The van der Waals surface area contributed by atoms with Crippen LogP contribution in [0, 0.1) is 0 Å². The van der Waals surface area contributed by atoms with Crippen molar-refractivity contribution < 1.29 is 5.11 Å². The molecule has 0 saturated heterocycles. The third kappa shape index (κ3) is 2.65. The maximum Gasteiger partial charge on any atom is 0.181 e. The zero-order chi connectivity index (χ0) is 14.8. The predicted octanol–water partition coefficient (Wildman–Crippen LogP) is 3.76. The van der Waals surface area contributed by atoms with E-state index in [1.807, 2.05) is 47.1 Å². The standard InChI is InChI=1S/C17H17N3O/c1-12(2)17-18-16(13-8-10-15(21)11-9-13)19-20(17)14-6-4-3-5-7-14/h3-12,21H,1-2H3. The van der Waals surface area contributed by atoms with E-state index < -0.39 is 0 Å². The SMILES string of the molecule is CC(C)c1nc(-c2ccc(O)cc2)nn1-c1ccccc1. The fourth-order valence-electron chi connectivity index (χ4n) is 2.19. The summed E-state index contributed by atoms with van der Waals surface area (Å²) in [5.74, 6) is 2.10. The fraction of sp³-hybridized carbons (Fsp3) is 0.176. The smallest absolute Gasteiger partial charge is 0.181 e. The van der Waals surface area contributed by atoms with Gasteiger partial charge in [0.2, 0.25) is 0 Å². The highest BCUT2D eigenvalue weighted by Gasteiger charge is 2.15. The Kier molecular flexibility index (Phi) is 3.44. The van der Waals surface area contributed by atoms with E-state index in [1.165, 1.54) is 0 Å². The van der Waals surface area contributed by atoms with E-state index in [2.05, 4.69) is 23.9 Å². The van der Waals surface area contributed by atoms with E-state index in [1.54, 1.807) is 12.1 Å². The lowest BCUT2D eigenvalue weighted by Crippen LogP contribution is -2.04. The van der Waals surface area contributed by atoms with Gasteiger partial charge in [0.25, 0.3) is 0 Å². The molecule has 3 rings (SSSR count). The molecule has 4 nitrogen and oxygen atoms in total. The monoisotopic (exact) mass is 279 g/mol. The van der Waals surface area contributed by atoms with Gasteiger partial charge < -0.3 is 5.11 Å². The molecule has 0 aliphatic rings. The van der Waals surface area contributed by atoms with Gasteiger partial charge >= 0.3 is 0 Å². The Morgan fingerprint density at radius 1 is 0.952 bits per heavy atom. The van der Waals surface area contributed by atoms with Crippen LogP contribution in [0.15, 0.2) is 54.6 Å². The van der Waals surface area contributed by atoms with Crippen molar-refractivity contribution >= 4 is 0 Å². The molecule has 106 valence electrons. The molecular formula is C17H17N3O. The number of phenolic OH excluding ortho intramolecular Hbond substituents is 1. The van der Waals surface area contributed by atoms with E-state index in [9.17, 15) is 5.11 Å². The summed E-state index contributed by atoms with van der Waals surface area (Å²) in [6, 6.07) is 16.9. The number of hydrogen-bond donors (Lipinski definition) is 1. The summed E-state index contributed by atoms with van der Waals surface area (Å²) < 4.78 is 1.88. The highest BCUT2D eigenvalue weighted by atomic mass is 16.3. The summed E-state index contributed by atoms with van der Waals surface area (Å²) in [6.45, 7) is 4.20. The first-order chi connectivity index (χ1) is 10.1. The van der Waals surface area contributed by atoms with E-state index in [0.29, 0.717) is 5.82 Å². The number of para-hydroxylation sites is 1. The van der Waals surface area contributed by atoms with Crippen LogP contribution >= 0.6 is 0 Å². The van der Waals surface area contributed by atoms with Crippen molar-refractivity contribution in [2.45, 2.75) is 19.8 Å². The number of aromatic nitrogens is 3. The Labute approximate surface area is 123 Å². The average molecular weight is 279 g/mol. The molecule has 0 saturated carbocycles. The summed E-state index contributed by atoms with van der Waals surface area (Å²) in [6.07, 6.45) is 0. The quantitative estimate of drug-likeness (QED) is 0.794. The summed E-state index contributed by atoms with van der Waals surface area (Å²) in [5.41, 5.74) is 1.89. The maximum absolute atomic E-state index is 9.38. The van der Waals surface area contributed by atoms with E-state index in [0.717, 1.165) is 17.1 Å². The Morgan fingerprint density at radius 2 is 1.62 bits per heavy atom. The number of benzene rings is 2. The van der Waals surface area contributed by atoms with Crippen LogP contribution < -0.4 is 0 Å². The highest BCUT2D eigenvalue weighted by molar-refractivity contribution is 5.56. The topological polar surface area (TPSA) is 50.9 Å². The van der Waals surface area contributed by atoms with Gasteiger partial charge in [0, 0.05) is 11.5 Å². The Hall–Kier alpha value is -2.62. The molecule has 0 atom stereocenters. The fourth-order valence-corrected chi connectivity index (χ4v) is 2.19. The van der Waals surface area contributed by atoms with E-state index in [-0.39, 0.29) is 11.7 Å². The van der Waals surface area contributed by atoms with Crippen LogP contribution in [0.3, 0.4) is 0 Å². The number of rotatable bonds is 3. The van der Waals surface area contributed by atoms with Crippen molar-refractivity contribution in [2.75, 3.05) is 0 Å². The minimum Gasteiger partial charge on any atom is -0.508 e. The molecule has 3 aromatic rings. The van der Waals surface area contributed by atoms with Crippen molar-refractivity contribution in [3.63, 3.8) is 0 Å². The second kappa shape index (κ2) is 5.40. The van der Waals surface area contributed by atoms with Gasteiger partial charge in [0.15, 0.2) is 5.82 Å². The molecule has 21 heavy (non-hydrogen) atoms. The van der Waals surface area contributed by atoms with Crippen molar-refractivity contribution in [2.24, 2.45) is 0 Å². The third-order valence-corrected chi connectivity index (χ3v) is 3.27. The molecule has 1 aromatic heterocycles. The molecule has 2 aromatic carbocycles. The first-order valence-electron chi connectivity index (χ1n) is 6.97. The Morgan fingerprint density at radius 3 is 2.24 bits per heavy atom. The lowest BCUT2D eigenvalue weighted by Gasteiger charge is -2.07. The minimum atomic E-state index is 0.241. The van der Waals surface area contributed by atoms with Crippen LogP contribution in [0.5, 0.6) is 5.75 Å². The van der Waals surface area contributed by atoms with Gasteiger partial charge in [-0.15, -0.1) is 5.10 Å². The third-order valence-electron chi connectivity index (χ3n) is 3.27. The molecule has 0 aliphatic carbocycles. The summed E-state index contributed by atoms with van der Waals surface area (Å²) in [4.78, 5) is 4.66. The number of nitrogens with zero attached hydrogens (tertiary/aromatic N) is 3.